The van der Waals surface area contributed by atoms with Crippen LogP contribution in [0.2, 0.25) is 0 Å². The normalized spacial score (nSPS) is 9.88. The van der Waals surface area contributed by atoms with Gasteiger partial charge in [0, 0.05) is 23.9 Å². The zero-order valence-electron chi connectivity index (χ0n) is 15.0. The van der Waals surface area contributed by atoms with E-state index in [0.717, 1.165) is 6.42 Å². The highest BCUT2D eigenvalue weighted by Crippen LogP contribution is 2.15. The van der Waals surface area contributed by atoms with Crippen molar-refractivity contribution in [3.8, 4) is 18.1 Å². The molecule has 0 atom stereocenters. The van der Waals surface area contributed by atoms with Crippen molar-refractivity contribution >= 4 is 17.5 Å². The van der Waals surface area contributed by atoms with Crippen molar-refractivity contribution in [2.75, 3.05) is 25.5 Å². The first-order valence-electron chi connectivity index (χ1n) is 8.38. The molecule has 2 aromatic rings. The summed E-state index contributed by atoms with van der Waals surface area (Å²) in [5.41, 5.74) is 1.75. The number of hydrogen-bond donors (Lipinski definition) is 1. The van der Waals surface area contributed by atoms with E-state index in [9.17, 15) is 9.59 Å². The van der Waals surface area contributed by atoms with Gasteiger partial charge in [0.2, 0.25) is 5.91 Å². The number of nitrogens with one attached hydrogen (secondary N) is 1. The van der Waals surface area contributed by atoms with E-state index >= 15 is 0 Å². The van der Waals surface area contributed by atoms with Crippen molar-refractivity contribution in [1.82, 2.24) is 4.90 Å². The van der Waals surface area contributed by atoms with Gasteiger partial charge in [0.15, 0.2) is 0 Å². The Balaban J connectivity index is 1.97. The molecule has 2 amide bonds. The number of ether oxygens (including phenoxy) is 1. The summed E-state index contributed by atoms with van der Waals surface area (Å²) in [6.07, 6.45) is 6.24. The number of benzene rings is 2. The predicted octanol–water partition coefficient (Wildman–Crippen LogP) is 3.17. The van der Waals surface area contributed by atoms with E-state index in [1.807, 2.05) is 6.92 Å². The average Bonchev–Trinajstić information content (AvgIpc) is 2.65. The molecule has 134 valence electrons. The Labute approximate surface area is 154 Å². The summed E-state index contributed by atoms with van der Waals surface area (Å²) in [4.78, 5) is 26.1. The standard InChI is InChI=1S/C21H22N2O3/c1-4-12-26-19-11-7-9-17(14-19)21(25)23(3)15-20(24)22-18-10-6-8-16(5-2)13-18/h2,6-11,13-14H,4,12,15H2,1,3H3,(H,22,24). The zero-order chi connectivity index (χ0) is 18.9. The van der Waals surface area contributed by atoms with Crippen LogP contribution in [0.25, 0.3) is 0 Å². The van der Waals surface area contributed by atoms with Crippen LogP contribution in [0.15, 0.2) is 48.5 Å². The third kappa shape index (κ3) is 5.38. The number of rotatable bonds is 7. The number of carbonyl (C=O) groups excluding carboxylic acids is 2. The Hall–Kier alpha value is -3.26. The summed E-state index contributed by atoms with van der Waals surface area (Å²) in [6, 6.07) is 13.9. The largest absolute Gasteiger partial charge is 0.494 e. The Morgan fingerprint density at radius 2 is 1.96 bits per heavy atom. The second-order valence-corrected chi connectivity index (χ2v) is 5.81. The molecule has 0 aliphatic carbocycles. The zero-order valence-corrected chi connectivity index (χ0v) is 15.0. The van der Waals surface area contributed by atoms with Gasteiger partial charge in [-0.05, 0) is 42.8 Å². The molecule has 0 heterocycles. The van der Waals surface area contributed by atoms with E-state index in [1.165, 1.54) is 4.90 Å². The second kappa shape index (κ2) is 9.28. The van der Waals surface area contributed by atoms with Crippen LogP contribution >= 0.6 is 0 Å². The van der Waals surface area contributed by atoms with Gasteiger partial charge in [0.1, 0.15) is 5.75 Å². The number of terminal acetylenes is 1. The lowest BCUT2D eigenvalue weighted by Gasteiger charge is -2.17. The van der Waals surface area contributed by atoms with Crippen molar-refractivity contribution in [2.45, 2.75) is 13.3 Å². The number of hydrogen-bond acceptors (Lipinski definition) is 3. The molecule has 2 rings (SSSR count). The molecule has 0 unspecified atom stereocenters. The minimum atomic E-state index is -0.298. The van der Waals surface area contributed by atoms with Gasteiger partial charge in [0.05, 0.1) is 13.2 Å². The number of likely N-dealkylation sites (N-methyl/N-ethyl adjacent to an activating group) is 1. The molecular weight excluding hydrogens is 328 g/mol. The van der Waals surface area contributed by atoms with Crippen LogP contribution in [-0.2, 0) is 4.79 Å². The number of carbonyl (C=O) groups is 2. The second-order valence-electron chi connectivity index (χ2n) is 5.81. The van der Waals surface area contributed by atoms with E-state index < -0.39 is 0 Å². The van der Waals surface area contributed by atoms with Crippen LogP contribution in [0.1, 0.15) is 29.3 Å². The maximum Gasteiger partial charge on any atom is 0.254 e. The monoisotopic (exact) mass is 350 g/mol. The van der Waals surface area contributed by atoms with Crippen molar-refractivity contribution in [3.63, 3.8) is 0 Å². The van der Waals surface area contributed by atoms with Crippen LogP contribution in [0.3, 0.4) is 0 Å². The molecule has 0 aliphatic rings. The van der Waals surface area contributed by atoms with Gasteiger partial charge in [-0.25, -0.2) is 0 Å². The topological polar surface area (TPSA) is 58.6 Å². The van der Waals surface area contributed by atoms with Crippen molar-refractivity contribution in [2.24, 2.45) is 0 Å². The molecule has 2 aromatic carbocycles. The molecule has 0 fully saturated rings. The van der Waals surface area contributed by atoms with E-state index in [2.05, 4.69) is 11.2 Å². The first kappa shape index (κ1) is 19.1. The lowest BCUT2D eigenvalue weighted by molar-refractivity contribution is -0.116. The fourth-order valence-electron chi connectivity index (χ4n) is 2.33. The van der Waals surface area contributed by atoms with Crippen molar-refractivity contribution < 1.29 is 14.3 Å². The van der Waals surface area contributed by atoms with Gasteiger partial charge in [-0.15, -0.1) is 6.42 Å². The maximum atomic E-state index is 12.5. The fourth-order valence-corrected chi connectivity index (χ4v) is 2.33. The summed E-state index contributed by atoms with van der Waals surface area (Å²) in [5, 5.41) is 2.74. The molecule has 1 N–H and O–H groups in total. The first-order chi connectivity index (χ1) is 12.5. The molecule has 0 saturated heterocycles. The van der Waals surface area contributed by atoms with E-state index in [1.54, 1.807) is 55.6 Å². The maximum absolute atomic E-state index is 12.5. The highest BCUT2D eigenvalue weighted by molar-refractivity contribution is 5.99. The average molecular weight is 350 g/mol. The Morgan fingerprint density at radius 1 is 1.19 bits per heavy atom. The smallest absolute Gasteiger partial charge is 0.254 e. The molecule has 5 heteroatoms. The van der Waals surface area contributed by atoms with Gasteiger partial charge >= 0.3 is 0 Å². The molecule has 0 bridgehead atoms. The van der Waals surface area contributed by atoms with E-state index in [4.69, 9.17) is 11.2 Å². The van der Waals surface area contributed by atoms with Crippen molar-refractivity contribution in [1.29, 1.82) is 0 Å². The van der Waals surface area contributed by atoms with Gasteiger partial charge in [-0.3, -0.25) is 9.59 Å². The van der Waals surface area contributed by atoms with Crippen LogP contribution in [0.4, 0.5) is 5.69 Å². The SMILES string of the molecule is C#Cc1cccc(NC(=O)CN(C)C(=O)c2cccc(OCCC)c2)c1. The molecule has 26 heavy (non-hydrogen) atoms. The Morgan fingerprint density at radius 3 is 2.69 bits per heavy atom. The van der Waals surface area contributed by atoms with Gasteiger partial charge in [-0.2, -0.15) is 0 Å². The third-order valence-electron chi connectivity index (χ3n) is 3.59. The number of anilines is 1. The third-order valence-corrected chi connectivity index (χ3v) is 3.59. The first-order valence-corrected chi connectivity index (χ1v) is 8.38. The highest BCUT2D eigenvalue weighted by atomic mass is 16.5. The number of amides is 2. The van der Waals surface area contributed by atoms with Crippen LogP contribution < -0.4 is 10.1 Å². The Kier molecular flexibility index (Phi) is 6.81. The highest BCUT2D eigenvalue weighted by Gasteiger charge is 2.15. The van der Waals surface area contributed by atoms with Crippen LogP contribution in [-0.4, -0.2) is 36.9 Å². The van der Waals surface area contributed by atoms with Crippen molar-refractivity contribution in [3.05, 3.63) is 59.7 Å². The summed E-state index contributed by atoms with van der Waals surface area (Å²) in [6.45, 7) is 2.53. The van der Waals surface area contributed by atoms with Crippen LogP contribution in [0.5, 0.6) is 5.75 Å². The minimum absolute atomic E-state index is 0.0703. The lowest BCUT2D eigenvalue weighted by Crippen LogP contribution is -2.34. The molecular formula is C21H22N2O3. The fraction of sp³-hybridized carbons (Fsp3) is 0.238. The summed E-state index contributed by atoms with van der Waals surface area (Å²) >= 11 is 0. The molecule has 0 aliphatic heterocycles. The van der Waals surface area contributed by atoms with Crippen LogP contribution in [0, 0.1) is 12.3 Å². The summed E-state index contributed by atoms with van der Waals surface area (Å²) in [7, 11) is 1.58. The molecule has 0 aromatic heterocycles. The van der Waals surface area contributed by atoms with Gasteiger partial charge in [-0.1, -0.05) is 25.0 Å². The quantitative estimate of drug-likeness (QED) is 0.781. The van der Waals surface area contributed by atoms with E-state index in [-0.39, 0.29) is 18.4 Å². The molecule has 5 nitrogen and oxygen atoms in total. The summed E-state index contributed by atoms with van der Waals surface area (Å²) < 4.78 is 5.54. The molecule has 0 spiro atoms. The Bertz CT molecular complexity index is 824. The predicted molar refractivity (Wildman–Crippen MR) is 102 cm³/mol. The molecule has 0 radical (unpaired) electrons. The van der Waals surface area contributed by atoms with E-state index in [0.29, 0.717) is 29.2 Å². The van der Waals surface area contributed by atoms with Gasteiger partial charge < -0.3 is 15.0 Å². The number of nitrogens with zero attached hydrogens (tertiary/aromatic N) is 1. The minimum Gasteiger partial charge on any atom is -0.494 e. The van der Waals surface area contributed by atoms with Gasteiger partial charge in [0.25, 0.3) is 5.91 Å². The molecule has 0 saturated carbocycles. The summed E-state index contributed by atoms with van der Waals surface area (Å²) in [5.74, 6) is 2.61. The lowest BCUT2D eigenvalue weighted by atomic mass is 10.2.